The minimum atomic E-state index is -4.38. The van der Waals surface area contributed by atoms with Crippen LogP contribution in [0.1, 0.15) is 5.56 Å². The van der Waals surface area contributed by atoms with Crippen molar-refractivity contribution in [1.82, 2.24) is 4.98 Å². The number of hydrogen-bond donors (Lipinski definition) is 0. The van der Waals surface area contributed by atoms with E-state index in [4.69, 9.17) is 9.47 Å². The van der Waals surface area contributed by atoms with Gasteiger partial charge in [-0.25, -0.2) is 4.98 Å². The molecule has 3 nitrogen and oxygen atoms in total. The van der Waals surface area contributed by atoms with Gasteiger partial charge in [-0.15, -0.1) is 0 Å². The van der Waals surface area contributed by atoms with Gasteiger partial charge in [0, 0.05) is 17.3 Å². The molecule has 0 fully saturated rings. The van der Waals surface area contributed by atoms with E-state index in [1.54, 1.807) is 19.4 Å². The summed E-state index contributed by atoms with van der Waals surface area (Å²) in [6.45, 7) is 0. The van der Waals surface area contributed by atoms with Gasteiger partial charge in [0.05, 0.1) is 12.7 Å². The van der Waals surface area contributed by atoms with Crippen molar-refractivity contribution in [3.63, 3.8) is 0 Å². The van der Waals surface area contributed by atoms with Crippen LogP contribution in [0.15, 0.2) is 66.9 Å². The summed E-state index contributed by atoms with van der Waals surface area (Å²) in [5, 5.41) is 0. The highest BCUT2D eigenvalue weighted by Gasteiger charge is 2.30. The Bertz CT molecular complexity index is 861. The smallest absolute Gasteiger partial charge is 0.416 e. The van der Waals surface area contributed by atoms with E-state index in [0.717, 1.165) is 17.7 Å². The van der Waals surface area contributed by atoms with Crippen LogP contribution < -0.4 is 9.47 Å². The Hall–Kier alpha value is -3.02. The molecule has 1 heterocycles. The first-order chi connectivity index (χ1) is 12.0. The Morgan fingerprint density at radius 3 is 2.20 bits per heavy atom. The summed E-state index contributed by atoms with van der Waals surface area (Å²) in [4.78, 5) is 4.20. The molecule has 128 valence electrons. The average molecular weight is 345 g/mol. The number of benzene rings is 2. The van der Waals surface area contributed by atoms with E-state index in [-0.39, 0.29) is 11.6 Å². The summed E-state index contributed by atoms with van der Waals surface area (Å²) in [5.74, 6) is 1.20. The van der Waals surface area contributed by atoms with Crippen molar-refractivity contribution in [2.45, 2.75) is 6.18 Å². The lowest BCUT2D eigenvalue weighted by molar-refractivity contribution is -0.137. The molecule has 0 atom stereocenters. The molecular weight excluding hydrogens is 331 g/mol. The molecule has 0 saturated heterocycles. The molecule has 25 heavy (non-hydrogen) atoms. The lowest BCUT2D eigenvalue weighted by atomic mass is 10.1. The molecule has 0 spiro atoms. The van der Waals surface area contributed by atoms with E-state index in [0.29, 0.717) is 11.3 Å². The highest BCUT2D eigenvalue weighted by Crippen LogP contribution is 2.37. The van der Waals surface area contributed by atoms with Crippen LogP contribution in [0.5, 0.6) is 17.4 Å². The van der Waals surface area contributed by atoms with Gasteiger partial charge in [-0.05, 0) is 42.5 Å². The highest BCUT2D eigenvalue weighted by atomic mass is 19.4. The summed E-state index contributed by atoms with van der Waals surface area (Å²) in [5.41, 5.74) is 0.727. The highest BCUT2D eigenvalue weighted by molar-refractivity contribution is 5.74. The number of rotatable bonds is 4. The lowest BCUT2D eigenvalue weighted by Crippen LogP contribution is -2.04. The minimum absolute atomic E-state index is 0.267. The molecule has 0 amide bonds. The molecule has 6 heteroatoms. The third kappa shape index (κ3) is 3.74. The molecule has 0 unspecified atom stereocenters. The lowest BCUT2D eigenvalue weighted by Gasteiger charge is -2.13. The summed E-state index contributed by atoms with van der Waals surface area (Å²) in [6, 6.07) is 15.4. The fourth-order valence-electron chi connectivity index (χ4n) is 2.37. The van der Waals surface area contributed by atoms with Crippen LogP contribution >= 0.6 is 0 Å². The van der Waals surface area contributed by atoms with Gasteiger partial charge in [-0.2, -0.15) is 13.2 Å². The molecule has 0 aliphatic heterocycles. The van der Waals surface area contributed by atoms with Crippen molar-refractivity contribution < 1.29 is 22.6 Å². The maximum Gasteiger partial charge on any atom is 0.416 e. The first-order valence-electron chi connectivity index (χ1n) is 7.42. The Kier molecular flexibility index (Phi) is 4.61. The number of ether oxygens (including phenoxy) is 2. The number of aromatic nitrogens is 1. The van der Waals surface area contributed by atoms with Crippen molar-refractivity contribution in [2.24, 2.45) is 0 Å². The molecule has 1 aromatic heterocycles. The van der Waals surface area contributed by atoms with E-state index in [9.17, 15) is 13.2 Å². The maximum atomic E-state index is 12.6. The normalized spacial score (nSPS) is 11.2. The summed E-state index contributed by atoms with van der Waals surface area (Å²) >= 11 is 0. The van der Waals surface area contributed by atoms with E-state index in [1.807, 2.05) is 30.3 Å². The van der Waals surface area contributed by atoms with Crippen LogP contribution in [0.25, 0.3) is 11.1 Å². The van der Waals surface area contributed by atoms with Crippen LogP contribution in [0, 0.1) is 0 Å². The standard InChI is InChI=1S/C19H14F3NO2/c1-24-17-7-3-2-5-15(17)16-6-4-12-23-18(16)25-14-10-8-13(9-11-14)19(20,21)22/h2-12H,1H3. The van der Waals surface area contributed by atoms with E-state index in [1.165, 1.54) is 12.1 Å². The second-order valence-electron chi connectivity index (χ2n) is 5.18. The molecule has 0 bridgehead atoms. The van der Waals surface area contributed by atoms with Gasteiger partial charge in [0.25, 0.3) is 0 Å². The molecule has 0 saturated carbocycles. The topological polar surface area (TPSA) is 31.4 Å². The van der Waals surface area contributed by atoms with Crippen molar-refractivity contribution in [3.05, 3.63) is 72.4 Å². The quantitative estimate of drug-likeness (QED) is 0.619. The third-order valence-corrected chi connectivity index (χ3v) is 3.56. The van der Waals surface area contributed by atoms with Gasteiger partial charge < -0.3 is 9.47 Å². The summed E-state index contributed by atoms with van der Waals surface area (Å²) < 4.78 is 49.0. The van der Waals surface area contributed by atoms with Crippen LogP contribution in [0.2, 0.25) is 0 Å². The largest absolute Gasteiger partial charge is 0.496 e. The zero-order chi connectivity index (χ0) is 17.9. The molecule has 2 aromatic carbocycles. The summed E-state index contributed by atoms with van der Waals surface area (Å²) in [6.07, 6.45) is -2.83. The van der Waals surface area contributed by atoms with Crippen LogP contribution in [0.3, 0.4) is 0 Å². The van der Waals surface area contributed by atoms with Crippen molar-refractivity contribution >= 4 is 0 Å². The second-order valence-corrected chi connectivity index (χ2v) is 5.18. The van der Waals surface area contributed by atoms with Gasteiger partial charge >= 0.3 is 6.18 Å². The molecule has 0 N–H and O–H groups in total. The van der Waals surface area contributed by atoms with Crippen molar-refractivity contribution in [2.75, 3.05) is 7.11 Å². The Balaban J connectivity index is 1.94. The fraction of sp³-hybridized carbons (Fsp3) is 0.105. The zero-order valence-electron chi connectivity index (χ0n) is 13.2. The van der Waals surface area contributed by atoms with Gasteiger partial charge in [0.15, 0.2) is 0 Å². The number of methoxy groups -OCH3 is 1. The first kappa shape index (κ1) is 16.8. The second kappa shape index (κ2) is 6.84. The van der Waals surface area contributed by atoms with Gasteiger partial charge in [0.2, 0.25) is 5.88 Å². The number of alkyl halides is 3. The number of hydrogen-bond acceptors (Lipinski definition) is 3. The van der Waals surface area contributed by atoms with Crippen molar-refractivity contribution in [1.29, 1.82) is 0 Å². The molecule has 0 aliphatic rings. The molecule has 3 rings (SSSR count). The number of halogens is 3. The molecule has 0 radical (unpaired) electrons. The van der Waals surface area contributed by atoms with Gasteiger partial charge in [0.1, 0.15) is 11.5 Å². The zero-order valence-corrected chi connectivity index (χ0v) is 13.2. The van der Waals surface area contributed by atoms with Crippen LogP contribution in [-0.4, -0.2) is 12.1 Å². The number of para-hydroxylation sites is 1. The maximum absolute atomic E-state index is 12.6. The van der Waals surface area contributed by atoms with Crippen LogP contribution in [-0.2, 0) is 6.18 Å². The van der Waals surface area contributed by atoms with E-state index in [2.05, 4.69) is 4.98 Å². The predicted molar refractivity (Wildman–Crippen MR) is 87.7 cm³/mol. The molecule has 0 aliphatic carbocycles. The number of nitrogens with zero attached hydrogens (tertiary/aromatic N) is 1. The SMILES string of the molecule is COc1ccccc1-c1cccnc1Oc1ccc(C(F)(F)F)cc1. The summed E-state index contributed by atoms with van der Waals surface area (Å²) in [7, 11) is 1.56. The molecule has 3 aromatic rings. The fourth-order valence-corrected chi connectivity index (χ4v) is 2.37. The van der Waals surface area contributed by atoms with Gasteiger partial charge in [-0.1, -0.05) is 18.2 Å². The third-order valence-electron chi connectivity index (χ3n) is 3.56. The first-order valence-corrected chi connectivity index (χ1v) is 7.42. The van der Waals surface area contributed by atoms with Gasteiger partial charge in [-0.3, -0.25) is 0 Å². The molecular formula is C19H14F3NO2. The van der Waals surface area contributed by atoms with E-state index >= 15 is 0 Å². The van der Waals surface area contributed by atoms with E-state index < -0.39 is 11.7 Å². The Morgan fingerprint density at radius 2 is 1.52 bits per heavy atom. The van der Waals surface area contributed by atoms with Crippen LogP contribution in [0.4, 0.5) is 13.2 Å². The van der Waals surface area contributed by atoms with Crippen molar-refractivity contribution in [3.8, 4) is 28.5 Å². The Labute approximate surface area is 142 Å². The monoisotopic (exact) mass is 345 g/mol. The average Bonchev–Trinajstić information content (AvgIpc) is 2.62. The number of pyridine rings is 1. The Morgan fingerprint density at radius 1 is 0.840 bits per heavy atom. The minimum Gasteiger partial charge on any atom is -0.496 e. The predicted octanol–water partition coefficient (Wildman–Crippen LogP) is 5.57.